The molecule has 2 heterocycles. The van der Waals surface area contributed by atoms with E-state index in [1.54, 1.807) is 7.11 Å². The number of likely N-dealkylation sites (tertiary alicyclic amines) is 1. The Morgan fingerprint density at radius 3 is 2.44 bits per heavy atom. The van der Waals surface area contributed by atoms with Gasteiger partial charge in [0.05, 0.1) is 18.8 Å². The van der Waals surface area contributed by atoms with Gasteiger partial charge in [-0.05, 0) is 64.4 Å². The van der Waals surface area contributed by atoms with Crippen LogP contribution < -0.4 is 15.4 Å². The lowest BCUT2D eigenvalue weighted by Crippen LogP contribution is -2.42. The average Bonchev–Trinajstić information content (AvgIpc) is 3.42. The van der Waals surface area contributed by atoms with Crippen molar-refractivity contribution in [3.8, 4) is 5.75 Å². The number of hydrogen-bond donors (Lipinski definition) is 2. The number of guanidine groups is 1. The normalized spacial score (nSPS) is 16.3. The quantitative estimate of drug-likeness (QED) is 0.271. The number of hydrogen-bond acceptors (Lipinski definition) is 5. The molecule has 32 heavy (non-hydrogen) atoms. The van der Waals surface area contributed by atoms with Crippen molar-refractivity contribution in [1.29, 1.82) is 0 Å². The van der Waals surface area contributed by atoms with Crippen LogP contribution in [0.4, 0.5) is 0 Å². The highest BCUT2D eigenvalue weighted by Crippen LogP contribution is 2.26. The second kappa shape index (κ2) is 13.0. The van der Waals surface area contributed by atoms with Crippen molar-refractivity contribution in [3.63, 3.8) is 0 Å². The highest BCUT2D eigenvalue weighted by molar-refractivity contribution is 14.0. The van der Waals surface area contributed by atoms with Crippen LogP contribution in [0, 0.1) is 13.8 Å². The molecule has 0 bridgehead atoms. The van der Waals surface area contributed by atoms with Gasteiger partial charge < -0.3 is 19.9 Å². The fourth-order valence-corrected chi connectivity index (χ4v) is 4.39. The van der Waals surface area contributed by atoms with Gasteiger partial charge >= 0.3 is 0 Å². The first-order valence-corrected chi connectivity index (χ1v) is 11.4. The van der Waals surface area contributed by atoms with Crippen molar-refractivity contribution in [1.82, 2.24) is 20.7 Å². The molecule has 1 aliphatic rings. The summed E-state index contributed by atoms with van der Waals surface area (Å²) in [6, 6.07) is 8.74. The van der Waals surface area contributed by atoms with Crippen LogP contribution in [0.3, 0.4) is 0 Å². The van der Waals surface area contributed by atoms with Crippen molar-refractivity contribution in [2.75, 3.05) is 39.8 Å². The van der Waals surface area contributed by atoms with E-state index in [9.17, 15) is 0 Å². The lowest BCUT2D eigenvalue weighted by Gasteiger charge is -2.29. The van der Waals surface area contributed by atoms with E-state index in [1.165, 1.54) is 18.4 Å². The smallest absolute Gasteiger partial charge is 0.191 e. The van der Waals surface area contributed by atoms with Gasteiger partial charge in [0.1, 0.15) is 11.5 Å². The number of ether oxygens (including phenoxy) is 1. The molecule has 8 heteroatoms. The summed E-state index contributed by atoms with van der Waals surface area (Å²) in [7, 11) is 1.71. The number of aryl methyl sites for hydroxylation is 2. The van der Waals surface area contributed by atoms with Crippen LogP contribution in [0.5, 0.6) is 5.75 Å². The van der Waals surface area contributed by atoms with Gasteiger partial charge in [-0.2, -0.15) is 0 Å². The second-order valence-electron chi connectivity index (χ2n) is 8.27. The number of nitrogens with zero attached hydrogens (tertiary/aromatic N) is 3. The van der Waals surface area contributed by atoms with E-state index in [0.717, 1.165) is 54.9 Å². The molecule has 0 saturated carbocycles. The zero-order chi connectivity index (χ0) is 22.2. The molecule has 178 valence electrons. The van der Waals surface area contributed by atoms with Crippen LogP contribution in [-0.2, 0) is 0 Å². The van der Waals surface area contributed by atoms with Crippen molar-refractivity contribution in [2.24, 2.45) is 4.99 Å². The van der Waals surface area contributed by atoms with E-state index >= 15 is 0 Å². The molecule has 1 aromatic carbocycles. The minimum Gasteiger partial charge on any atom is -0.497 e. The molecule has 0 aliphatic carbocycles. The van der Waals surface area contributed by atoms with Gasteiger partial charge in [-0.15, -0.1) is 24.0 Å². The number of aliphatic imine (C=N–C) groups is 1. The highest BCUT2D eigenvalue weighted by atomic mass is 127. The molecule has 0 spiro atoms. The first-order valence-electron chi connectivity index (χ1n) is 11.4. The van der Waals surface area contributed by atoms with E-state index in [-0.39, 0.29) is 29.9 Å². The predicted molar refractivity (Wildman–Crippen MR) is 140 cm³/mol. The molecule has 3 rings (SSSR count). The fourth-order valence-electron chi connectivity index (χ4n) is 4.39. The lowest BCUT2D eigenvalue weighted by atomic mass is 10.00. The first-order chi connectivity index (χ1) is 15.0. The van der Waals surface area contributed by atoms with Gasteiger partial charge in [0.15, 0.2) is 5.96 Å². The molecule has 2 unspecified atom stereocenters. The van der Waals surface area contributed by atoms with E-state index in [2.05, 4.69) is 46.7 Å². The van der Waals surface area contributed by atoms with Gasteiger partial charge in [-0.1, -0.05) is 24.2 Å². The van der Waals surface area contributed by atoms with Gasteiger partial charge in [0, 0.05) is 31.1 Å². The summed E-state index contributed by atoms with van der Waals surface area (Å²) in [5, 5.41) is 11.1. The molecule has 2 atom stereocenters. The van der Waals surface area contributed by atoms with Crippen LogP contribution in [-0.4, -0.2) is 55.8 Å². The molecular formula is C24H38IN5O2. The summed E-state index contributed by atoms with van der Waals surface area (Å²) in [5.74, 6) is 2.86. The van der Waals surface area contributed by atoms with Gasteiger partial charge in [-0.3, -0.25) is 9.89 Å². The van der Waals surface area contributed by atoms with Crippen LogP contribution in [0.25, 0.3) is 0 Å². The molecule has 1 saturated heterocycles. The molecule has 1 aliphatic heterocycles. The first kappa shape index (κ1) is 26.4. The summed E-state index contributed by atoms with van der Waals surface area (Å²) >= 11 is 0. The minimum absolute atomic E-state index is 0. The third kappa shape index (κ3) is 6.84. The van der Waals surface area contributed by atoms with Gasteiger partial charge in [0.25, 0.3) is 0 Å². The molecular weight excluding hydrogens is 517 g/mol. The average molecular weight is 556 g/mol. The molecule has 7 nitrogen and oxygen atoms in total. The predicted octanol–water partition coefficient (Wildman–Crippen LogP) is 4.41. The molecule has 2 aromatic rings. The van der Waals surface area contributed by atoms with Crippen LogP contribution in [0.1, 0.15) is 61.2 Å². The number of nitrogens with one attached hydrogen (secondary N) is 2. The Balaban J connectivity index is 0.00000363. The Morgan fingerprint density at radius 1 is 1.19 bits per heavy atom. The minimum atomic E-state index is 0. The standard InChI is InChI=1S/C24H37N5O2.HI/c1-6-25-24(26-15-17(2)23-18(3)28-31-19(23)4)27-16-22(29-13-7-8-14-29)20-9-11-21(30-5)12-10-20;/h9-12,17,22H,6-8,13-16H2,1-5H3,(H2,25,26,27);1H. The molecule has 0 amide bonds. The van der Waals surface area contributed by atoms with E-state index in [0.29, 0.717) is 12.6 Å². The molecule has 2 N–H and O–H groups in total. The number of rotatable bonds is 9. The lowest BCUT2D eigenvalue weighted by molar-refractivity contribution is 0.245. The summed E-state index contributed by atoms with van der Waals surface area (Å²) in [6.45, 7) is 12.8. The van der Waals surface area contributed by atoms with Crippen molar-refractivity contribution < 1.29 is 9.26 Å². The second-order valence-corrected chi connectivity index (χ2v) is 8.27. The maximum absolute atomic E-state index is 5.34. The van der Waals surface area contributed by atoms with E-state index in [1.807, 2.05) is 26.0 Å². The topological polar surface area (TPSA) is 74.9 Å². The SMILES string of the molecule is CCNC(=NCC(C)c1c(C)noc1C)NCC(c1ccc(OC)cc1)N1CCCC1.I. The Bertz CT molecular complexity index is 827. The van der Waals surface area contributed by atoms with E-state index < -0.39 is 0 Å². The summed E-state index contributed by atoms with van der Waals surface area (Å²) in [4.78, 5) is 7.42. The van der Waals surface area contributed by atoms with Crippen molar-refractivity contribution >= 4 is 29.9 Å². The van der Waals surface area contributed by atoms with Crippen LogP contribution in [0.2, 0.25) is 0 Å². The monoisotopic (exact) mass is 555 g/mol. The third-order valence-corrected chi connectivity index (χ3v) is 5.99. The van der Waals surface area contributed by atoms with Crippen molar-refractivity contribution in [2.45, 2.75) is 52.5 Å². The Morgan fingerprint density at radius 2 is 1.88 bits per heavy atom. The Hall–Kier alpha value is -1.81. The third-order valence-electron chi connectivity index (χ3n) is 5.99. The number of aromatic nitrogens is 1. The highest BCUT2D eigenvalue weighted by Gasteiger charge is 2.24. The fraction of sp³-hybridized carbons (Fsp3) is 0.583. The maximum atomic E-state index is 5.34. The Kier molecular flexibility index (Phi) is 10.8. The summed E-state index contributed by atoms with van der Waals surface area (Å²) in [6.07, 6.45) is 2.52. The number of methoxy groups -OCH3 is 1. The zero-order valence-corrected chi connectivity index (χ0v) is 22.3. The van der Waals surface area contributed by atoms with Crippen LogP contribution in [0.15, 0.2) is 33.8 Å². The molecule has 1 fully saturated rings. The molecule has 1 aromatic heterocycles. The number of benzene rings is 1. The Labute approximate surface area is 209 Å². The summed E-state index contributed by atoms with van der Waals surface area (Å²) in [5.41, 5.74) is 3.41. The maximum Gasteiger partial charge on any atom is 0.191 e. The number of halogens is 1. The molecule has 0 radical (unpaired) electrons. The van der Waals surface area contributed by atoms with Gasteiger partial charge in [-0.25, -0.2) is 0 Å². The van der Waals surface area contributed by atoms with Crippen LogP contribution >= 0.6 is 24.0 Å². The largest absolute Gasteiger partial charge is 0.497 e. The van der Waals surface area contributed by atoms with E-state index in [4.69, 9.17) is 14.3 Å². The van der Waals surface area contributed by atoms with Gasteiger partial charge in [0.2, 0.25) is 0 Å². The zero-order valence-electron chi connectivity index (χ0n) is 20.0. The van der Waals surface area contributed by atoms with Crippen molar-refractivity contribution in [3.05, 3.63) is 46.8 Å². The summed E-state index contributed by atoms with van der Waals surface area (Å²) < 4.78 is 10.7.